The number of ether oxygens (including phenoxy) is 1. The van der Waals surface area contributed by atoms with Crippen molar-refractivity contribution < 1.29 is 17.9 Å². The van der Waals surface area contributed by atoms with Crippen LogP contribution in [0.2, 0.25) is 0 Å². The second-order valence-corrected chi connectivity index (χ2v) is 13.9. The van der Waals surface area contributed by atoms with Gasteiger partial charge in [0.15, 0.2) is 0 Å². The summed E-state index contributed by atoms with van der Waals surface area (Å²) in [6.07, 6.45) is 4.18. The summed E-state index contributed by atoms with van der Waals surface area (Å²) in [5.41, 5.74) is 0.776. The molecule has 1 N–H and O–H groups in total. The van der Waals surface area contributed by atoms with Crippen LogP contribution in [0.4, 0.5) is 11.5 Å². The van der Waals surface area contributed by atoms with E-state index in [-0.39, 0.29) is 29.3 Å². The Bertz CT molecular complexity index is 1270. The molecule has 9 nitrogen and oxygen atoms in total. The van der Waals surface area contributed by atoms with E-state index in [4.69, 9.17) is 4.74 Å². The molecule has 4 rings (SSSR count). The number of nitrogens with one attached hydrogen (secondary N) is 1. The van der Waals surface area contributed by atoms with Crippen LogP contribution in [0.5, 0.6) is 5.75 Å². The summed E-state index contributed by atoms with van der Waals surface area (Å²) in [6.45, 7) is 13.9. The summed E-state index contributed by atoms with van der Waals surface area (Å²) >= 11 is 0. The van der Waals surface area contributed by atoms with Crippen molar-refractivity contribution in [2.75, 3.05) is 36.5 Å². The van der Waals surface area contributed by atoms with E-state index in [1.807, 2.05) is 52.1 Å². The van der Waals surface area contributed by atoms with Crippen molar-refractivity contribution in [1.29, 1.82) is 0 Å². The molecule has 1 aromatic carbocycles. The van der Waals surface area contributed by atoms with E-state index in [0.29, 0.717) is 24.7 Å². The van der Waals surface area contributed by atoms with Crippen molar-refractivity contribution in [1.82, 2.24) is 14.0 Å². The fourth-order valence-corrected chi connectivity index (χ4v) is 6.62. The van der Waals surface area contributed by atoms with E-state index in [2.05, 4.69) is 40.3 Å². The Morgan fingerprint density at radius 3 is 2.44 bits per heavy atom. The number of benzene rings is 1. The van der Waals surface area contributed by atoms with Gasteiger partial charge in [-0.2, -0.15) is 12.7 Å². The van der Waals surface area contributed by atoms with Crippen LogP contribution in [0.3, 0.4) is 0 Å². The van der Waals surface area contributed by atoms with Gasteiger partial charge in [-0.25, -0.2) is 9.71 Å². The molecular formula is C29H43N5O4S. The third-order valence-corrected chi connectivity index (χ3v) is 9.57. The molecule has 3 heterocycles. The predicted octanol–water partition coefficient (Wildman–Crippen LogP) is 4.46. The lowest BCUT2D eigenvalue weighted by molar-refractivity contribution is 0.0978. The summed E-state index contributed by atoms with van der Waals surface area (Å²) in [6, 6.07) is 11.1. The number of hydrogen-bond acceptors (Lipinski definition) is 7. The van der Waals surface area contributed by atoms with Gasteiger partial charge in [0, 0.05) is 50.1 Å². The molecule has 10 heteroatoms. The normalized spacial score (nSPS) is 22.0. The fourth-order valence-electron chi connectivity index (χ4n) is 5.40. The first kappa shape index (κ1) is 29.1. The first-order valence-electron chi connectivity index (χ1n) is 13.8. The highest BCUT2D eigenvalue weighted by atomic mass is 32.2. The molecule has 2 aliphatic heterocycles. The maximum absolute atomic E-state index is 13.4. The minimum atomic E-state index is -4.05. The Labute approximate surface area is 233 Å². The Morgan fingerprint density at radius 1 is 1.13 bits per heavy atom. The van der Waals surface area contributed by atoms with Crippen LogP contribution in [-0.4, -0.2) is 67.5 Å². The molecule has 2 unspecified atom stereocenters. The molecule has 0 aliphatic carbocycles. The van der Waals surface area contributed by atoms with E-state index in [1.54, 1.807) is 18.3 Å². The predicted molar refractivity (Wildman–Crippen MR) is 156 cm³/mol. The second kappa shape index (κ2) is 11.0. The average Bonchev–Trinajstić information content (AvgIpc) is 3.14. The molecule has 0 spiro atoms. The molecule has 214 valence electrons. The largest absolute Gasteiger partial charge is 0.488 e. The molecule has 2 fully saturated rings. The topological polar surface area (TPSA) is 95.1 Å². The van der Waals surface area contributed by atoms with E-state index >= 15 is 0 Å². The quantitative estimate of drug-likeness (QED) is 0.537. The van der Waals surface area contributed by atoms with Gasteiger partial charge in [-0.3, -0.25) is 4.79 Å². The summed E-state index contributed by atoms with van der Waals surface area (Å²) in [7, 11) is -2.07. The van der Waals surface area contributed by atoms with Crippen LogP contribution >= 0.6 is 0 Å². The minimum Gasteiger partial charge on any atom is -0.488 e. The lowest BCUT2D eigenvalue weighted by Gasteiger charge is -2.38. The first-order chi connectivity index (χ1) is 18.2. The SMILES string of the molecule is CC1CCN(c2ncccc2C(=O)NS(=O)(=O)N2CCCC(N(C)c3ccc(OC(C)(C)C)cc3)C2)C1(C)C. The zero-order valence-electron chi connectivity index (χ0n) is 24.3. The van der Waals surface area contributed by atoms with Gasteiger partial charge in [-0.1, -0.05) is 6.92 Å². The maximum Gasteiger partial charge on any atom is 0.304 e. The van der Waals surface area contributed by atoms with E-state index in [1.165, 1.54) is 4.31 Å². The van der Waals surface area contributed by atoms with E-state index in [9.17, 15) is 13.2 Å². The van der Waals surface area contributed by atoms with Crippen molar-refractivity contribution in [3.8, 4) is 5.75 Å². The second-order valence-electron chi connectivity index (χ2n) is 12.3. The highest BCUT2D eigenvalue weighted by molar-refractivity contribution is 7.87. The summed E-state index contributed by atoms with van der Waals surface area (Å²) in [4.78, 5) is 22.0. The standard InChI is InChI=1S/C29H43N5O4S/c1-21-16-19-34(29(21,5)6)26-25(11-8-17-30-26)27(35)31-39(36,37)33-18-9-10-23(20-33)32(7)22-12-14-24(15-13-22)38-28(2,3)4/h8,11-15,17,21,23H,9-10,16,18-20H2,1-7H3,(H,31,35). The van der Waals surface area contributed by atoms with Crippen LogP contribution in [0.1, 0.15) is 71.2 Å². The highest BCUT2D eigenvalue weighted by Crippen LogP contribution is 2.38. The van der Waals surface area contributed by atoms with E-state index < -0.39 is 16.1 Å². The molecule has 39 heavy (non-hydrogen) atoms. The van der Waals surface area contributed by atoms with Gasteiger partial charge in [0.25, 0.3) is 5.91 Å². The summed E-state index contributed by atoms with van der Waals surface area (Å²) in [5.74, 6) is 1.08. The zero-order valence-corrected chi connectivity index (χ0v) is 25.1. The first-order valence-corrected chi connectivity index (χ1v) is 15.2. The fraction of sp³-hybridized carbons (Fsp3) is 0.586. The molecule has 0 bridgehead atoms. The lowest BCUT2D eigenvalue weighted by Crippen LogP contribution is -2.53. The third-order valence-electron chi connectivity index (χ3n) is 8.11. The average molecular weight is 558 g/mol. The van der Waals surface area contributed by atoms with Crippen molar-refractivity contribution in [3.05, 3.63) is 48.2 Å². The molecular weight excluding hydrogens is 514 g/mol. The van der Waals surface area contributed by atoms with Crippen LogP contribution in [0, 0.1) is 5.92 Å². The Hall–Kier alpha value is -2.85. The van der Waals surface area contributed by atoms with Gasteiger partial charge in [-0.05, 0) is 96.2 Å². The van der Waals surface area contributed by atoms with Crippen molar-refractivity contribution in [2.24, 2.45) is 5.92 Å². The molecule has 2 atom stereocenters. The molecule has 1 amide bonds. The number of carbonyl (C=O) groups is 1. The number of piperidine rings is 1. The molecule has 2 saturated heterocycles. The number of amides is 1. The van der Waals surface area contributed by atoms with Gasteiger partial charge < -0.3 is 14.5 Å². The smallest absolute Gasteiger partial charge is 0.304 e. The number of hydrogen-bond donors (Lipinski definition) is 1. The van der Waals surface area contributed by atoms with Gasteiger partial charge in [0.2, 0.25) is 0 Å². The number of aromatic nitrogens is 1. The lowest BCUT2D eigenvalue weighted by atomic mass is 9.90. The number of nitrogens with zero attached hydrogens (tertiary/aromatic N) is 4. The van der Waals surface area contributed by atoms with Gasteiger partial charge >= 0.3 is 10.2 Å². The van der Waals surface area contributed by atoms with Crippen LogP contribution < -0.4 is 19.3 Å². The number of anilines is 2. The van der Waals surface area contributed by atoms with Crippen molar-refractivity contribution >= 4 is 27.6 Å². The van der Waals surface area contributed by atoms with Crippen LogP contribution in [0.25, 0.3) is 0 Å². The van der Waals surface area contributed by atoms with Crippen molar-refractivity contribution in [2.45, 2.75) is 78.0 Å². The Morgan fingerprint density at radius 2 is 1.82 bits per heavy atom. The van der Waals surface area contributed by atoms with Crippen LogP contribution in [-0.2, 0) is 10.2 Å². The third kappa shape index (κ3) is 6.49. The zero-order chi connectivity index (χ0) is 28.6. The van der Waals surface area contributed by atoms with E-state index in [0.717, 1.165) is 30.8 Å². The highest BCUT2D eigenvalue weighted by Gasteiger charge is 2.41. The van der Waals surface area contributed by atoms with Gasteiger partial charge in [0.1, 0.15) is 17.2 Å². The summed E-state index contributed by atoms with van der Waals surface area (Å²) < 4.78 is 36.4. The molecule has 0 saturated carbocycles. The Kier molecular flexibility index (Phi) is 8.19. The van der Waals surface area contributed by atoms with Crippen molar-refractivity contribution in [3.63, 3.8) is 0 Å². The minimum absolute atomic E-state index is 0.0272. The Balaban J connectivity index is 1.46. The number of rotatable bonds is 7. The van der Waals surface area contributed by atoms with Gasteiger partial charge in [0.05, 0.1) is 5.56 Å². The molecule has 2 aliphatic rings. The summed E-state index contributed by atoms with van der Waals surface area (Å²) in [5, 5.41) is 0. The number of likely N-dealkylation sites (N-methyl/N-ethyl adjacent to an activating group) is 1. The van der Waals surface area contributed by atoms with Gasteiger partial charge in [-0.15, -0.1) is 0 Å². The molecule has 0 radical (unpaired) electrons. The number of pyridine rings is 1. The monoisotopic (exact) mass is 557 g/mol. The molecule has 1 aromatic heterocycles. The maximum atomic E-state index is 13.4. The molecule has 2 aromatic rings. The number of carbonyl (C=O) groups excluding carboxylic acids is 1. The van der Waals surface area contributed by atoms with Crippen LogP contribution in [0.15, 0.2) is 42.6 Å².